The van der Waals surface area contributed by atoms with Gasteiger partial charge in [-0.3, -0.25) is 9.59 Å². The van der Waals surface area contributed by atoms with Crippen molar-refractivity contribution in [2.45, 2.75) is 25.7 Å². The zero-order valence-electron chi connectivity index (χ0n) is 12.7. The van der Waals surface area contributed by atoms with Gasteiger partial charge in [0.25, 0.3) is 5.91 Å². The van der Waals surface area contributed by atoms with E-state index in [1.807, 2.05) is 11.0 Å². The number of hydrogen-bond donors (Lipinski definition) is 1. The van der Waals surface area contributed by atoms with Gasteiger partial charge in [0, 0.05) is 43.9 Å². The van der Waals surface area contributed by atoms with Gasteiger partial charge in [-0.2, -0.15) is 0 Å². The molecule has 2 N–H and O–H groups in total. The van der Waals surface area contributed by atoms with Gasteiger partial charge in [0.05, 0.1) is 0 Å². The van der Waals surface area contributed by atoms with Gasteiger partial charge in [-0.15, -0.1) is 0 Å². The van der Waals surface area contributed by atoms with Crippen LogP contribution in [0.1, 0.15) is 36.0 Å². The summed E-state index contributed by atoms with van der Waals surface area (Å²) < 4.78 is 0. The predicted molar refractivity (Wildman–Crippen MR) is 83.5 cm³/mol. The van der Waals surface area contributed by atoms with Gasteiger partial charge in [0.1, 0.15) is 5.82 Å². The Labute approximate surface area is 130 Å². The van der Waals surface area contributed by atoms with Gasteiger partial charge in [-0.1, -0.05) is 0 Å². The monoisotopic (exact) mass is 302 g/mol. The Kier molecular flexibility index (Phi) is 4.27. The lowest BCUT2D eigenvalue weighted by Crippen LogP contribution is -2.41. The number of anilines is 1. The molecule has 3 heterocycles. The number of piperidine rings is 1. The van der Waals surface area contributed by atoms with E-state index < -0.39 is 0 Å². The fraction of sp³-hybridized carbons (Fsp3) is 0.562. The minimum absolute atomic E-state index is 0.0192. The lowest BCUT2D eigenvalue weighted by atomic mass is 9.96. The third-order valence-electron chi connectivity index (χ3n) is 4.61. The van der Waals surface area contributed by atoms with Crippen molar-refractivity contribution in [1.29, 1.82) is 0 Å². The SMILES string of the molecule is NC(=O)C1CCN(C(=O)c2ccnc(N3CCCC3)c2)CC1. The molecule has 2 fully saturated rings. The maximum Gasteiger partial charge on any atom is 0.254 e. The third kappa shape index (κ3) is 3.05. The molecule has 1 aromatic rings. The van der Waals surface area contributed by atoms with Crippen LogP contribution in [-0.4, -0.2) is 47.9 Å². The van der Waals surface area contributed by atoms with Crippen molar-refractivity contribution in [3.8, 4) is 0 Å². The second-order valence-electron chi connectivity index (χ2n) is 6.07. The smallest absolute Gasteiger partial charge is 0.254 e. The Morgan fingerprint density at radius 1 is 1.14 bits per heavy atom. The second kappa shape index (κ2) is 6.34. The molecule has 2 amide bonds. The molecule has 0 bridgehead atoms. The normalized spacial score (nSPS) is 19.5. The first kappa shape index (κ1) is 14.8. The predicted octanol–water partition coefficient (Wildman–Crippen LogP) is 1.02. The highest BCUT2D eigenvalue weighted by Gasteiger charge is 2.27. The quantitative estimate of drug-likeness (QED) is 0.904. The van der Waals surface area contributed by atoms with Crippen LogP contribution in [-0.2, 0) is 4.79 Å². The van der Waals surface area contributed by atoms with E-state index in [1.165, 1.54) is 12.8 Å². The molecular weight excluding hydrogens is 280 g/mol. The lowest BCUT2D eigenvalue weighted by Gasteiger charge is -2.30. The Morgan fingerprint density at radius 3 is 2.45 bits per heavy atom. The average Bonchev–Trinajstić information content (AvgIpc) is 3.09. The van der Waals surface area contributed by atoms with Gasteiger partial charge in [0.2, 0.25) is 5.91 Å². The number of likely N-dealkylation sites (tertiary alicyclic amines) is 1. The summed E-state index contributed by atoms with van der Waals surface area (Å²) in [5.74, 6) is 0.551. The third-order valence-corrected chi connectivity index (χ3v) is 4.61. The van der Waals surface area contributed by atoms with Crippen molar-refractivity contribution in [2.75, 3.05) is 31.1 Å². The summed E-state index contributed by atoms with van der Waals surface area (Å²) >= 11 is 0. The molecule has 2 aliphatic rings. The zero-order chi connectivity index (χ0) is 15.5. The average molecular weight is 302 g/mol. The van der Waals surface area contributed by atoms with Crippen molar-refractivity contribution in [3.05, 3.63) is 23.9 Å². The number of amides is 2. The van der Waals surface area contributed by atoms with Crippen LogP contribution < -0.4 is 10.6 Å². The Hall–Kier alpha value is -2.11. The van der Waals surface area contributed by atoms with Crippen LogP contribution in [0.5, 0.6) is 0 Å². The van der Waals surface area contributed by atoms with Crippen LogP contribution in [0.2, 0.25) is 0 Å². The number of aromatic nitrogens is 1. The Bertz CT molecular complexity index is 561. The van der Waals surface area contributed by atoms with Crippen LogP contribution in [0, 0.1) is 5.92 Å². The largest absolute Gasteiger partial charge is 0.369 e. The summed E-state index contributed by atoms with van der Waals surface area (Å²) in [5.41, 5.74) is 6.01. The lowest BCUT2D eigenvalue weighted by molar-refractivity contribution is -0.123. The van der Waals surface area contributed by atoms with Crippen molar-refractivity contribution >= 4 is 17.6 Å². The number of hydrogen-bond acceptors (Lipinski definition) is 4. The number of pyridine rings is 1. The summed E-state index contributed by atoms with van der Waals surface area (Å²) in [5, 5.41) is 0. The zero-order valence-corrected chi connectivity index (χ0v) is 12.7. The van der Waals surface area contributed by atoms with E-state index in [4.69, 9.17) is 5.73 Å². The van der Waals surface area contributed by atoms with E-state index in [9.17, 15) is 9.59 Å². The standard InChI is InChI=1S/C16H22N4O2/c17-15(21)12-4-9-20(10-5-12)16(22)13-3-6-18-14(11-13)19-7-1-2-8-19/h3,6,11-12H,1-2,4-5,7-10H2,(H2,17,21). The molecule has 0 radical (unpaired) electrons. The summed E-state index contributed by atoms with van der Waals surface area (Å²) in [6, 6.07) is 3.65. The highest BCUT2D eigenvalue weighted by atomic mass is 16.2. The highest BCUT2D eigenvalue weighted by molar-refractivity contribution is 5.95. The number of carbonyl (C=O) groups excluding carboxylic acids is 2. The molecule has 2 saturated heterocycles. The number of carbonyl (C=O) groups is 2. The van der Waals surface area contributed by atoms with E-state index in [0.29, 0.717) is 31.5 Å². The summed E-state index contributed by atoms with van der Waals surface area (Å²) in [7, 11) is 0. The number of primary amides is 1. The molecule has 22 heavy (non-hydrogen) atoms. The molecule has 0 unspecified atom stereocenters. The first-order chi connectivity index (χ1) is 10.6. The molecule has 1 aromatic heterocycles. The molecule has 3 rings (SSSR count). The van der Waals surface area contributed by atoms with E-state index in [2.05, 4.69) is 9.88 Å². The number of nitrogens with two attached hydrogens (primary N) is 1. The Morgan fingerprint density at radius 2 is 1.82 bits per heavy atom. The molecule has 118 valence electrons. The summed E-state index contributed by atoms with van der Waals surface area (Å²) in [4.78, 5) is 32.2. The first-order valence-electron chi connectivity index (χ1n) is 7.95. The molecular formula is C16H22N4O2. The van der Waals surface area contributed by atoms with Crippen molar-refractivity contribution < 1.29 is 9.59 Å². The van der Waals surface area contributed by atoms with E-state index in [-0.39, 0.29) is 17.7 Å². The molecule has 0 aromatic carbocycles. The van der Waals surface area contributed by atoms with Gasteiger partial charge < -0.3 is 15.5 Å². The van der Waals surface area contributed by atoms with Crippen LogP contribution in [0.25, 0.3) is 0 Å². The maximum absolute atomic E-state index is 12.6. The van der Waals surface area contributed by atoms with Crippen LogP contribution in [0.3, 0.4) is 0 Å². The van der Waals surface area contributed by atoms with E-state index in [1.54, 1.807) is 12.3 Å². The Balaban J connectivity index is 1.67. The van der Waals surface area contributed by atoms with Gasteiger partial charge >= 0.3 is 0 Å². The molecule has 0 spiro atoms. The first-order valence-corrected chi connectivity index (χ1v) is 7.95. The van der Waals surface area contributed by atoms with Crippen LogP contribution in [0.15, 0.2) is 18.3 Å². The summed E-state index contributed by atoms with van der Waals surface area (Å²) in [6.45, 7) is 3.20. The minimum atomic E-state index is -0.257. The molecule has 0 atom stereocenters. The van der Waals surface area contributed by atoms with Crippen molar-refractivity contribution in [3.63, 3.8) is 0 Å². The van der Waals surface area contributed by atoms with Crippen LogP contribution in [0.4, 0.5) is 5.82 Å². The molecule has 0 saturated carbocycles. The van der Waals surface area contributed by atoms with Gasteiger partial charge in [0.15, 0.2) is 0 Å². The topological polar surface area (TPSA) is 79.5 Å². The fourth-order valence-electron chi connectivity index (χ4n) is 3.22. The van der Waals surface area contributed by atoms with E-state index >= 15 is 0 Å². The second-order valence-corrected chi connectivity index (χ2v) is 6.07. The van der Waals surface area contributed by atoms with E-state index in [0.717, 1.165) is 18.9 Å². The molecule has 6 heteroatoms. The highest BCUT2D eigenvalue weighted by Crippen LogP contribution is 2.22. The maximum atomic E-state index is 12.6. The van der Waals surface area contributed by atoms with Gasteiger partial charge in [-0.05, 0) is 37.8 Å². The van der Waals surface area contributed by atoms with Crippen molar-refractivity contribution in [1.82, 2.24) is 9.88 Å². The molecule has 2 aliphatic heterocycles. The minimum Gasteiger partial charge on any atom is -0.369 e. The van der Waals surface area contributed by atoms with Crippen LogP contribution >= 0.6 is 0 Å². The molecule has 0 aliphatic carbocycles. The molecule has 6 nitrogen and oxygen atoms in total. The number of rotatable bonds is 3. The van der Waals surface area contributed by atoms with Gasteiger partial charge in [-0.25, -0.2) is 4.98 Å². The fourth-order valence-corrected chi connectivity index (χ4v) is 3.22. The summed E-state index contributed by atoms with van der Waals surface area (Å²) in [6.07, 6.45) is 5.38. The number of nitrogens with zero attached hydrogens (tertiary/aromatic N) is 3. The van der Waals surface area contributed by atoms with Crippen molar-refractivity contribution in [2.24, 2.45) is 11.7 Å².